The fraction of sp³-hybridized carbons (Fsp3) is 0.679. The van der Waals surface area contributed by atoms with E-state index in [2.05, 4.69) is 113 Å². The number of hydrogen-bond acceptors (Lipinski definition) is 41. The standard InChI is InChI=1S/C78H124N24O36S4/c1-10-31(2)56(93-72(131)46(27-141-30-52(113)81-18-39-21-102(99-97-39)77-60(85-36(7)109)64(123)62(121)49(24-105)138-77)91-69(128)42(12-15-54(116)117)87-65(124)32(3)83-67(126)41(11-14-53(114)115)88-66(125)40(79)25-139)74(133)95-58(34(5)107)75(134)94-57(33(4)106)73(132)82-19-50(111)86-47(28-142-100(9)37(8)110)71(130)92-45(70(129)89-43(13-16-55(118)119)68(127)90-44(22-103)78(135)136)26-140-29-51(112)80-17-38-20-101(98-96-38)76-59(84-35(6)108)63(122)61(120)48(23-104)137-76/h20-21,31-34,40-49,56-64,76-77,103-107,120-123,139H,10-19,22-30,79H2,1-9H3,(H,80,112)(H,81,113)(H,82,132)(H,83,126)(H,84,108)(H,85,109)(H,86,111)(H,87,124)(H,88,125)(H,89,129)(H,90,127)(H,91,128)(H,92,130)(H,93,131)(H,94,134)(H,95,133)(H,114,115)(H,116,117)(H,118,119)(H,135,136)/t31-,32-,33+,34+,40-,41-,42-,43-,44-,45-,46-,47-,48+,49+,56-,57-,58-,59+,60+,61+,62+,63+,64+,76+,77+/m0/s1. The molecule has 0 spiro atoms. The number of aliphatic hydroxyl groups excluding tert-OH is 9. The van der Waals surface area contributed by atoms with Crippen LogP contribution in [-0.4, -0.2) is 426 Å². The molecular formula is C78H124N24O36S4. The third kappa shape index (κ3) is 40.1. The maximum Gasteiger partial charge on any atom is 0.328 e. The number of carboxylic acid groups (broad SMARTS) is 4. The molecule has 0 unspecified atom stereocenters. The number of carbonyl (C=O) groups excluding carboxylic acids is 17. The molecule has 2 aliphatic rings. The highest BCUT2D eigenvalue weighted by Gasteiger charge is 2.49. The molecule has 2 aliphatic heterocycles. The van der Waals surface area contributed by atoms with Gasteiger partial charge in [-0.25, -0.2) is 14.2 Å². The average molecular weight is 2100 g/mol. The molecular weight excluding hydrogens is 1980 g/mol. The topological polar surface area (TPSA) is 923 Å². The lowest BCUT2D eigenvalue weighted by atomic mass is 9.96. The number of amides is 17. The van der Waals surface area contributed by atoms with Gasteiger partial charge in [-0.2, -0.15) is 12.6 Å². The van der Waals surface area contributed by atoms with Crippen LogP contribution in [0.25, 0.3) is 0 Å². The van der Waals surface area contributed by atoms with Crippen molar-refractivity contribution in [1.29, 1.82) is 0 Å². The molecule has 2 saturated heterocycles. The summed E-state index contributed by atoms with van der Waals surface area (Å²) in [5, 5.41) is 185. The Balaban J connectivity index is 1.63. The fourth-order valence-electron chi connectivity index (χ4n) is 13.0. The van der Waals surface area contributed by atoms with Crippen LogP contribution in [-0.2, 0) is 123 Å². The van der Waals surface area contributed by atoms with Crippen LogP contribution in [0.5, 0.6) is 0 Å². The highest BCUT2D eigenvalue weighted by Crippen LogP contribution is 2.30. The Morgan fingerprint density at radius 2 is 0.831 bits per heavy atom. The van der Waals surface area contributed by atoms with Crippen molar-refractivity contribution in [3.05, 3.63) is 23.8 Å². The van der Waals surface area contributed by atoms with E-state index >= 15 is 0 Å². The van der Waals surface area contributed by atoms with Crippen LogP contribution >= 0.6 is 48.1 Å². The molecule has 60 nitrogen and oxygen atoms in total. The zero-order chi connectivity index (χ0) is 107. The van der Waals surface area contributed by atoms with Crippen LogP contribution in [0.2, 0.25) is 0 Å². The number of aromatic nitrogens is 6. The fourth-order valence-corrected chi connectivity index (χ4v) is 15.7. The molecule has 0 radical (unpaired) electrons. The lowest BCUT2D eigenvalue weighted by Gasteiger charge is -2.42. The number of nitrogens with one attached hydrogen (secondary N) is 16. The van der Waals surface area contributed by atoms with Gasteiger partial charge in [0.05, 0.1) is 81.6 Å². The van der Waals surface area contributed by atoms with E-state index in [1.54, 1.807) is 0 Å². The third-order valence-corrected chi connectivity index (χ3v) is 24.8. The molecule has 0 aromatic carbocycles. The Morgan fingerprint density at radius 3 is 1.21 bits per heavy atom. The summed E-state index contributed by atoms with van der Waals surface area (Å²) in [5.41, 5.74) is 5.79. The molecule has 2 fully saturated rings. The van der Waals surface area contributed by atoms with Gasteiger partial charge in [-0.3, -0.25) is 100 Å². The van der Waals surface area contributed by atoms with Gasteiger partial charge in [0.2, 0.25) is 100 Å². The number of carboxylic acids is 4. The Labute approximate surface area is 827 Å². The Hall–Kier alpha value is -11.9. The molecule has 0 saturated carbocycles. The molecule has 2 aromatic heterocycles. The van der Waals surface area contributed by atoms with Gasteiger partial charge < -0.3 is 167 Å². The molecule has 17 amide bonds. The van der Waals surface area contributed by atoms with Crippen molar-refractivity contribution in [3.63, 3.8) is 0 Å². The molecule has 0 aliphatic carbocycles. The minimum atomic E-state index is -2.13. The summed E-state index contributed by atoms with van der Waals surface area (Å²) in [5.74, 6) is -29.0. The second kappa shape index (κ2) is 60.5. The largest absolute Gasteiger partial charge is 0.481 e. The molecule has 31 N–H and O–H groups in total. The van der Waals surface area contributed by atoms with E-state index in [1.807, 2.05) is 5.32 Å². The molecule has 64 heteroatoms. The lowest BCUT2D eigenvalue weighted by molar-refractivity contribution is -0.219. The molecule has 25 atom stereocenters. The van der Waals surface area contributed by atoms with Crippen molar-refractivity contribution in [2.75, 3.05) is 67.9 Å². The van der Waals surface area contributed by atoms with Gasteiger partial charge in [0, 0.05) is 70.1 Å². The van der Waals surface area contributed by atoms with Crippen molar-refractivity contribution in [3.8, 4) is 0 Å². The predicted molar refractivity (Wildman–Crippen MR) is 490 cm³/mol. The van der Waals surface area contributed by atoms with E-state index in [0.29, 0.717) is 35.5 Å². The Kier molecular flexibility index (Phi) is 52.1. The lowest BCUT2D eigenvalue weighted by Crippen LogP contribution is -2.63. The number of aliphatic carboxylic acids is 4. The smallest absolute Gasteiger partial charge is 0.328 e. The first-order valence-electron chi connectivity index (χ1n) is 43.7. The maximum absolute atomic E-state index is 14.9. The quantitative estimate of drug-likeness (QED) is 0.0216. The number of nitrogens with zero attached hydrogens (tertiary/aromatic N) is 7. The van der Waals surface area contributed by atoms with Crippen LogP contribution in [0.3, 0.4) is 0 Å². The van der Waals surface area contributed by atoms with Gasteiger partial charge in [0.25, 0.3) is 0 Å². The molecule has 142 heavy (non-hydrogen) atoms. The van der Waals surface area contributed by atoms with E-state index in [-0.39, 0.29) is 30.1 Å². The van der Waals surface area contributed by atoms with E-state index in [1.165, 1.54) is 33.3 Å². The van der Waals surface area contributed by atoms with Crippen LogP contribution in [0.4, 0.5) is 0 Å². The summed E-state index contributed by atoms with van der Waals surface area (Å²) in [6.07, 6.45) is -17.9. The van der Waals surface area contributed by atoms with Gasteiger partial charge in [0.15, 0.2) is 12.5 Å². The van der Waals surface area contributed by atoms with Crippen molar-refractivity contribution >= 4 is 172 Å². The van der Waals surface area contributed by atoms with Gasteiger partial charge in [-0.1, -0.05) is 30.7 Å². The number of thiol groups is 1. The number of hydrogen-bond donors (Lipinski definition) is 31. The van der Waals surface area contributed by atoms with Crippen LogP contribution < -0.4 is 90.8 Å². The molecule has 796 valence electrons. The summed E-state index contributed by atoms with van der Waals surface area (Å²) in [6.45, 7) is 4.64. The van der Waals surface area contributed by atoms with Crippen molar-refractivity contribution in [2.24, 2.45) is 11.7 Å². The molecule has 4 heterocycles. The first kappa shape index (κ1) is 122. The highest BCUT2D eigenvalue weighted by atomic mass is 32.2. The first-order chi connectivity index (χ1) is 66.7. The van der Waals surface area contributed by atoms with Gasteiger partial charge in [0.1, 0.15) is 127 Å². The highest BCUT2D eigenvalue weighted by molar-refractivity contribution is 8.00. The normalized spacial score (nSPS) is 20.8. The second-order valence-corrected chi connectivity index (χ2v) is 36.1. The van der Waals surface area contributed by atoms with Gasteiger partial charge in [-0.15, -0.1) is 33.7 Å². The minimum absolute atomic E-state index is 0.0103. The van der Waals surface area contributed by atoms with Gasteiger partial charge >= 0.3 is 23.9 Å². The Morgan fingerprint density at radius 1 is 0.465 bits per heavy atom. The number of rotatable bonds is 61. The second-order valence-electron chi connectivity index (χ2n) is 32.6. The predicted octanol–water partition coefficient (Wildman–Crippen LogP) is -15.2. The molecule has 2 aromatic rings. The summed E-state index contributed by atoms with van der Waals surface area (Å²) >= 11 is 5.83. The summed E-state index contributed by atoms with van der Waals surface area (Å²) < 4.78 is 14.5. The summed E-state index contributed by atoms with van der Waals surface area (Å²) in [6, 6.07) is -24.8. The van der Waals surface area contributed by atoms with Gasteiger partial charge in [-0.05, 0) is 57.9 Å². The summed E-state index contributed by atoms with van der Waals surface area (Å²) in [7, 11) is 1.25. The zero-order valence-electron chi connectivity index (χ0n) is 78.1. The maximum atomic E-state index is 14.9. The summed E-state index contributed by atoms with van der Waals surface area (Å²) in [4.78, 5) is 280. The minimum Gasteiger partial charge on any atom is -0.481 e. The van der Waals surface area contributed by atoms with Crippen LogP contribution in [0.1, 0.15) is 124 Å². The van der Waals surface area contributed by atoms with E-state index in [0.717, 1.165) is 55.2 Å². The SMILES string of the molecule is CC[C@H](C)[C@H](NC(=O)[C@H](CSCC(=O)NCc1cn([C@@H]2O[C@H](CO)[C@@H](O)[C@H](O)[C@H]2NC(C)=O)nn1)NC(=O)[C@H](CCC(=O)O)NC(=O)[C@H](C)NC(=O)[C@H](CCC(=O)O)NC(=O)[C@@H](N)CS)C(=O)N[C@H](C(=O)N[C@H](C(=O)NCC(=O)N[C@@H](CSN(C)C(C)=O)C(=O)N[C@@H](CSCC(=O)NCc1cn([C@@H]2O[C@H](CO)[C@@H](O)[C@H](O)[C@H]2NC(C)=O)nn1)C(=O)N[C@@H](CCC(=O)O)C(=O)N[C@@H](CO)C(=O)O)[C@@H](C)O)[C@@H](C)O. The van der Waals surface area contributed by atoms with Crippen molar-refractivity contribution in [2.45, 2.75) is 259 Å². The van der Waals surface area contributed by atoms with E-state index in [9.17, 15) is 167 Å². The third-order valence-electron chi connectivity index (χ3n) is 21.2. The number of aliphatic hydroxyl groups is 9. The van der Waals surface area contributed by atoms with Crippen molar-refractivity contribution < 1.29 is 177 Å². The van der Waals surface area contributed by atoms with E-state index in [4.69, 9.17) is 15.2 Å². The average Bonchev–Trinajstić information content (AvgIpc) is 1.62. The number of nitrogens with two attached hydrogens (primary N) is 1. The number of thioether (sulfide) groups is 2. The van der Waals surface area contributed by atoms with Crippen LogP contribution in [0.15, 0.2) is 12.4 Å². The van der Waals surface area contributed by atoms with Crippen LogP contribution in [0, 0.1) is 5.92 Å². The number of carbonyl (C=O) groups is 21. The Bertz CT molecular complexity index is 4700. The van der Waals surface area contributed by atoms with E-state index < -0.39 is 376 Å². The molecule has 0 bridgehead atoms. The zero-order valence-corrected chi connectivity index (χ0v) is 81.5. The monoisotopic (exact) mass is 2100 g/mol. The first-order valence-corrected chi connectivity index (χ1v) is 47.6. The van der Waals surface area contributed by atoms with Crippen molar-refractivity contribution in [1.82, 2.24) is 119 Å². The molecule has 4 rings (SSSR count). The number of ether oxygens (including phenoxy) is 2.